The average molecular weight is 417 g/mol. The average Bonchev–Trinajstić information content (AvgIpc) is 2.70. The number of morpholine rings is 1. The first kappa shape index (κ1) is 23.1. The lowest BCUT2D eigenvalue weighted by molar-refractivity contribution is -0.127. The maximum atomic E-state index is 12.7. The Morgan fingerprint density at radius 3 is 2.63 bits per heavy atom. The van der Waals surface area contributed by atoms with Gasteiger partial charge in [-0.25, -0.2) is 0 Å². The summed E-state index contributed by atoms with van der Waals surface area (Å²) in [6.45, 7) is 17.8. The molecule has 2 atom stereocenters. The zero-order valence-corrected chi connectivity index (χ0v) is 19.8. The van der Waals surface area contributed by atoms with Crippen molar-refractivity contribution in [2.75, 3.05) is 39.5 Å². The molecule has 0 radical (unpaired) electrons. The number of rotatable bonds is 6. The van der Waals surface area contributed by atoms with Crippen molar-refractivity contribution in [3.63, 3.8) is 0 Å². The minimum atomic E-state index is -0.189. The number of aryl methyl sites for hydroxylation is 1. The third-order valence-corrected chi connectivity index (χ3v) is 6.63. The number of carbonyl (C=O) groups excluding carboxylic acids is 1. The molecule has 1 N–H and O–H groups in total. The lowest BCUT2D eigenvalue weighted by Gasteiger charge is -2.33. The van der Waals surface area contributed by atoms with Crippen LogP contribution in [-0.4, -0.2) is 55.8 Å². The molecule has 1 aliphatic carbocycles. The van der Waals surface area contributed by atoms with Crippen molar-refractivity contribution in [1.29, 1.82) is 0 Å². The SMILES string of the molecule is Cc1cc(OCCN2CCOCC2)c(C)c2c1CC[C@@H]([C@H](C)C(=O)NC(C)(C)C)C2. The Labute approximate surface area is 182 Å². The Bertz CT molecular complexity index is 748. The number of amides is 1. The zero-order valence-electron chi connectivity index (χ0n) is 19.8. The van der Waals surface area contributed by atoms with Crippen molar-refractivity contribution in [2.24, 2.45) is 11.8 Å². The predicted molar refractivity (Wildman–Crippen MR) is 121 cm³/mol. The lowest BCUT2D eigenvalue weighted by atomic mass is 9.74. The van der Waals surface area contributed by atoms with Gasteiger partial charge in [0.05, 0.1) is 13.2 Å². The molecule has 30 heavy (non-hydrogen) atoms. The summed E-state index contributed by atoms with van der Waals surface area (Å²) < 4.78 is 11.7. The van der Waals surface area contributed by atoms with Crippen molar-refractivity contribution in [1.82, 2.24) is 10.2 Å². The van der Waals surface area contributed by atoms with Gasteiger partial charge < -0.3 is 14.8 Å². The fourth-order valence-electron chi connectivity index (χ4n) is 4.71. The summed E-state index contributed by atoms with van der Waals surface area (Å²) >= 11 is 0. The molecule has 1 aromatic carbocycles. The van der Waals surface area contributed by atoms with Gasteiger partial charge in [-0.1, -0.05) is 6.92 Å². The van der Waals surface area contributed by atoms with Crippen LogP contribution in [0.1, 0.15) is 56.4 Å². The summed E-state index contributed by atoms with van der Waals surface area (Å²) in [7, 11) is 0. The fraction of sp³-hybridized carbons (Fsp3) is 0.720. The van der Waals surface area contributed by atoms with E-state index in [2.05, 4.69) is 37.1 Å². The van der Waals surface area contributed by atoms with Crippen LogP contribution >= 0.6 is 0 Å². The van der Waals surface area contributed by atoms with Crippen molar-refractivity contribution in [3.05, 3.63) is 28.3 Å². The Kier molecular flexibility index (Phi) is 7.46. The summed E-state index contributed by atoms with van der Waals surface area (Å²) in [4.78, 5) is 15.1. The van der Waals surface area contributed by atoms with E-state index in [-0.39, 0.29) is 17.4 Å². The van der Waals surface area contributed by atoms with Gasteiger partial charge in [-0.2, -0.15) is 0 Å². The minimum Gasteiger partial charge on any atom is -0.492 e. The van der Waals surface area contributed by atoms with E-state index >= 15 is 0 Å². The molecule has 1 amide bonds. The Balaban J connectivity index is 1.67. The molecule has 1 fully saturated rings. The Morgan fingerprint density at radius 2 is 1.97 bits per heavy atom. The first-order valence-electron chi connectivity index (χ1n) is 11.5. The highest BCUT2D eigenvalue weighted by atomic mass is 16.5. The normalized spacial score (nSPS) is 21.1. The maximum absolute atomic E-state index is 12.7. The summed E-state index contributed by atoms with van der Waals surface area (Å²) in [5.41, 5.74) is 5.26. The number of nitrogens with zero attached hydrogens (tertiary/aromatic N) is 1. The minimum absolute atomic E-state index is 0.0166. The molecule has 0 aromatic heterocycles. The number of benzene rings is 1. The van der Waals surface area contributed by atoms with Crippen LogP contribution in [0.5, 0.6) is 5.75 Å². The summed E-state index contributed by atoms with van der Waals surface area (Å²) in [6, 6.07) is 2.21. The van der Waals surface area contributed by atoms with E-state index in [1.807, 2.05) is 20.8 Å². The van der Waals surface area contributed by atoms with E-state index in [9.17, 15) is 4.79 Å². The molecule has 1 heterocycles. The smallest absolute Gasteiger partial charge is 0.223 e. The number of fused-ring (bicyclic) bond motifs is 1. The van der Waals surface area contributed by atoms with Crippen LogP contribution in [0.2, 0.25) is 0 Å². The lowest BCUT2D eigenvalue weighted by Crippen LogP contribution is -2.45. The monoisotopic (exact) mass is 416 g/mol. The predicted octanol–water partition coefficient (Wildman–Crippen LogP) is 3.67. The molecule has 2 aliphatic rings. The second kappa shape index (κ2) is 9.69. The number of ether oxygens (including phenoxy) is 2. The second-order valence-corrected chi connectivity index (χ2v) is 10.1. The Hall–Kier alpha value is -1.59. The van der Waals surface area contributed by atoms with Gasteiger partial charge in [0.2, 0.25) is 5.91 Å². The van der Waals surface area contributed by atoms with Gasteiger partial charge in [0, 0.05) is 31.1 Å². The molecule has 1 saturated heterocycles. The molecular weight excluding hydrogens is 376 g/mol. The van der Waals surface area contributed by atoms with Gasteiger partial charge in [-0.15, -0.1) is 0 Å². The first-order chi connectivity index (χ1) is 14.2. The number of hydrogen-bond donors (Lipinski definition) is 1. The number of hydrogen-bond acceptors (Lipinski definition) is 4. The van der Waals surface area contributed by atoms with Crippen LogP contribution in [0.3, 0.4) is 0 Å². The van der Waals surface area contributed by atoms with Crippen LogP contribution in [0, 0.1) is 25.7 Å². The van der Waals surface area contributed by atoms with Crippen LogP contribution in [0.25, 0.3) is 0 Å². The number of carbonyl (C=O) groups is 1. The molecule has 0 saturated carbocycles. The molecular formula is C25H40N2O3. The molecule has 1 aliphatic heterocycles. The Morgan fingerprint density at radius 1 is 1.27 bits per heavy atom. The molecule has 0 bridgehead atoms. The van der Waals surface area contributed by atoms with Crippen molar-refractivity contribution in [3.8, 4) is 5.75 Å². The van der Waals surface area contributed by atoms with E-state index in [0.717, 1.165) is 57.9 Å². The fourth-order valence-corrected chi connectivity index (χ4v) is 4.71. The van der Waals surface area contributed by atoms with Crippen LogP contribution in [0.4, 0.5) is 0 Å². The second-order valence-electron chi connectivity index (χ2n) is 10.1. The third kappa shape index (κ3) is 5.76. The summed E-state index contributed by atoms with van der Waals surface area (Å²) in [6.07, 6.45) is 3.08. The highest BCUT2D eigenvalue weighted by Crippen LogP contribution is 2.37. The van der Waals surface area contributed by atoms with Gasteiger partial charge >= 0.3 is 0 Å². The summed E-state index contributed by atoms with van der Waals surface area (Å²) in [5, 5.41) is 3.16. The number of nitrogens with one attached hydrogen (secondary N) is 1. The molecule has 3 rings (SSSR count). The molecule has 5 heteroatoms. The van der Waals surface area contributed by atoms with Gasteiger partial charge in [-0.3, -0.25) is 9.69 Å². The van der Waals surface area contributed by atoms with Crippen molar-refractivity contribution >= 4 is 5.91 Å². The van der Waals surface area contributed by atoms with E-state index in [1.54, 1.807) is 0 Å². The van der Waals surface area contributed by atoms with E-state index < -0.39 is 0 Å². The molecule has 1 aromatic rings. The molecule has 0 spiro atoms. The molecule has 0 unspecified atom stereocenters. The van der Waals surface area contributed by atoms with Gasteiger partial charge in [0.15, 0.2) is 0 Å². The third-order valence-electron chi connectivity index (χ3n) is 6.63. The van der Waals surface area contributed by atoms with E-state index in [1.165, 1.54) is 22.3 Å². The topological polar surface area (TPSA) is 50.8 Å². The standard InChI is InChI=1S/C25H40N2O3/c1-17-15-23(30-14-11-27-9-12-29-13-10-27)19(3)22-16-20(7-8-21(17)22)18(2)24(28)26-25(4,5)6/h15,18,20H,7-14,16H2,1-6H3,(H,26,28)/t18-,20+/m0/s1. The van der Waals surface area contributed by atoms with Crippen LogP contribution < -0.4 is 10.1 Å². The summed E-state index contributed by atoms with van der Waals surface area (Å²) in [5.74, 6) is 1.57. The van der Waals surface area contributed by atoms with Gasteiger partial charge in [0.1, 0.15) is 12.4 Å². The first-order valence-corrected chi connectivity index (χ1v) is 11.5. The van der Waals surface area contributed by atoms with Crippen molar-refractivity contribution < 1.29 is 14.3 Å². The van der Waals surface area contributed by atoms with Crippen molar-refractivity contribution in [2.45, 2.75) is 66.3 Å². The highest BCUT2D eigenvalue weighted by Gasteiger charge is 2.31. The van der Waals surface area contributed by atoms with E-state index in [4.69, 9.17) is 9.47 Å². The molecule has 5 nitrogen and oxygen atoms in total. The van der Waals surface area contributed by atoms with Gasteiger partial charge in [0.25, 0.3) is 0 Å². The maximum Gasteiger partial charge on any atom is 0.223 e. The zero-order chi connectivity index (χ0) is 21.9. The van der Waals surface area contributed by atoms with Gasteiger partial charge in [-0.05, 0) is 88.1 Å². The van der Waals surface area contributed by atoms with E-state index in [0.29, 0.717) is 12.5 Å². The van der Waals surface area contributed by atoms with Crippen LogP contribution in [-0.2, 0) is 22.4 Å². The largest absolute Gasteiger partial charge is 0.492 e. The van der Waals surface area contributed by atoms with Crippen LogP contribution in [0.15, 0.2) is 6.07 Å². The molecule has 168 valence electrons. The quantitative estimate of drug-likeness (QED) is 0.769. The highest BCUT2D eigenvalue weighted by molar-refractivity contribution is 5.79.